The molecule has 5 rings (SSSR count). The number of carbonyl (C=O) groups is 3. The first kappa shape index (κ1) is 31.5. The number of nitrogens with zero attached hydrogens (tertiary/aromatic N) is 3. The lowest BCUT2D eigenvalue weighted by atomic mass is 9.64. The molecule has 234 valence electrons. The number of aliphatic hydroxyl groups is 1. The van der Waals surface area contributed by atoms with Crippen LogP contribution < -0.4 is 0 Å². The minimum absolute atomic E-state index is 0.0750. The summed E-state index contributed by atoms with van der Waals surface area (Å²) in [5.41, 5.74) is -0.950. The van der Waals surface area contributed by atoms with Crippen LogP contribution in [0.5, 0.6) is 0 Å². The Morgan fingerprint density at radius 2 is 1.77 bits per heavy atom. The quantitative estimate of drug-likeness (QED) is 0.342. The first-order chi connectivity index (χ1) is 20.8. The molecule has 1 saturated carbocycles. The summed E-state index contributed by atoms with van der Waals surface area (Å²) >= 11 is 0. The van der Waals surface area contributed by atoms with Gasteiger partial charge in [-0.05, 0) is 44.1 Å². The van der Waals surface area contributed by atoms with Crippen LogP contribution in [-0.2, 0) is 25.7 Å². The summed E-state index contributed by atoms with van der Waals surface area (Å²) in [7, 11) is 0. The van der Waals surface area contributed by atoms with Crippen LogP contribution in [0.15, 0.2) is 55.6 Å². The molecule has 3 aliphatic heterocycles. The molecule has 2 bridgehead atoms. The van der Waals surface area contributed by atoms with Crippen LogP contribution in [0.3, 0.4) is 0 Å². The highest BCUT2D eigenvalue weighted by molar-refractivity contribution is 5.99. The van der Waals surface area contributed by atoms with E-state index in [2.05, 4.69) is 13.2 Å². The van der Waals surface area contributed by atoms with Crippen molar-refractivity contribution in [2.45, 2.75) is 108 Å². The Morgan fingerprint density at radius 1 is 1.07 bits per heavy atom. The van der Waals surface area contributed by atoms with Crippen molar-refractivity contribution in [3.05, 3.63) is 61.2 Å². The third kappa shape index (κ3) is 5.24. The van der Waals surface area contributed by atoms with E-state index < -0.39 is 35.1 Å². The number of hydrogen-bond acceptors (Lipinski definition) is 5. The van der Waals surface area contributed by atoms with E-state index in [9.17, 15) is 19.5 Å². The van der Waals surface area contributed by atoms with Gasteiger partial charge in [-0.1, -0.05) is 75.6 Å². The number of fused-ring (bicyclic) bond motifs is 1. The van der Waals surface area contributed by atoms with E-state index in [1.165, 1.54) is 0 Å². The zero-order valence-corrected chi connectivity index (χ0v) is 26.0. The van der Waals surface area contributed by atoms with Gasteiger partial charge in [-0.3, -0.25) is 14.4 Å². The molecular weight excluding hydrogens is 542 g/mol. The largest absolute Gasteiger partial charge is 0.394 e. The van der Waals surface area contributed by atoms with Gasteiger partial charge in [0, 0.05) is 25.7 Å². The molecule has 8 heteroatoms. The van der Waals surface area contributed by atoms with E-state index >= 15 is 0 Å². The van der Waals surface area contributed by atoms with Crippen molar-refractivity contribution in [3.8, 4) is 0 Å². The van der Waals surface area contributed by atoms with Crippen molar-refractivity contribution < 1.29 is 24.2 Å². The Balaban J connectivity index is 1.58. The number of benzene rings is 1. The second-order valence-electron chi connectivity index (χ2n) is 12.9. The van der Waals surface area contributed by atoms with Crippen LogP contribution in [0, 0.1) is 11.8 Å². The fraction of sp³-hybridized carbons (Fsp3) is 0.629. The fourth-order valence-corrected chi connectivity index (χ4v) is 8.61. The van der Waals surface area contributed by atoms with E-state index in [0.29, 0.717) is 45.3 Å². The second-order valence-corrected chi connectivity index (χ2v) is 12.9. The lowest BCUT2D eigenvalue weighted by Crippen LogP contribution is -2.60. The molecule has 2 unspecified atom stereocenters. The molecule has 43 heavy (non-hydrogen) atoms. The highest BCUT2D eigenvalue weighted by Crippen LogP contribution is 2.65. The minimum Gasteiger partial charge on any atom is -0.394 e. The zero-order chi connectivity index (χ0) is 30.8. The van der Waals surface area contributed by atoms with Crippen molar-refractivity contribution in [1.82, 2.24) is 14.7 Å². The van der Waals surface area contributed by atoms with Crippen molar-refractivity contribution in [2.24, 2.45) is 11.8 Å². The molecule has 8 nitrogen and oxygen atoms in total. The predicted molar refractivity (Wildman–Crippen MR) is 166 cm³/mol. The molecular formula is C35H49N3O5. The molecule has 1 N–H and O–H groups in total. The molecule has 6 atom stereocenters. The summed E-state index contributed by atoms with van der Waals surface area (Å²) in [5.74, 6) is -2.02. The van der Waals surface area contributed by atoms with E-state index in [1.54, 1.807) is 22.0 Å². The number of hydrogen-bond donors (Lipinski definition) is 1. The third-order valence-electron chi connectivity index (χ3n) is 10.7. The summed E-state index contributed by atoms with van der Waals surface area (Å²) < 4.78 is 7.03. The standard InChI is InChI=1S/C35H49N3O5/c1-5-21-36(23-25-15-11-9-12-16-25)31(40)28-29-32(41)38(26(7-3)24-39)30(35(29)20-19-34(28,8-4)43-35)33(42)37(22-6-2)27-17-13-10-14-18-27/h5-6,9,11-12,15-16,26-30,39H,1-2,7-8,10,13-14,17-24H2,3-4H3/t26-,28+,29-,30?,34-,35?/m0/s1. The SMILES string of the molecule is C=CCN(Cc1ccccc1)C(=O)[C@H]1[C@H]2C(=O)N([C@@H](CC)CO)C(C(=O)N(CC=C)C3CCCCC3)C23CC[C@]1(CC)O3. The first-order valence-corrected chi connectivity index (χ1v) is 16.3. The number of ether oxygens (including phenoxy) is 1. The zero-order valence-electron chi connectivity index (χ0n) is 26.0. The van der Waals surface area contributed by atoms with Gasteiger partial charge in [-0.2, -0.15) is 0 Å². The molecule has 3 saturated heterocycles. The maximum Gasteiger partial charge on any atom is 0.248 e. The molecule has 1 spiro atoms. The molecule has 3 heterocycles. The molecule has 4 fully saturated rings. The van der Waals surface area contributed by atoms with Gasteiger partial charge in [-0.25, -0.2) is 0 Å². The van der Waals surface area contributed by atoms with E-state index in [1.807, 2.05) is 49.1 Å². The van der Waals surface area contributed by atoms with Crippen molar-refractivity contribution in [1.29, 1.82) is 0 Å². The predicted octanol–water partition coefficient (Wildman–Crippen LogP) is 4.47. The second kappa shape index (κ2) is 12.9. The van der Waals surface area contributed by atoms with Gasteiger partial charge in [0.2, 0.25) is 17.7 Å². The van der Waals surface area contributed by atoms with Crippen LogP contribution in [0.1, 0.15) is 77.2 Å². The topological polar surface area (TPSA) is 90.4 Å². The van der Waals surface area contributed by atoms with Crippen molar-refractivity contribution >= 4 is 17.7 Å². The molecule has 1 aromatic rings. The average molecular weight is 592 g/mol. The Hall–Kier alpha value is -2.97. The van der Waals surface area contributed by atoms with Crippen LogP contribution in [0.2, 0.25) is 0 Å². The molecule has 1 aromatic carbocycles. The van der Waals surface area contributed by atoms with Gasteiger partial charge < -0.3 is 24.5 Å². The maximum absolute atomic E-state index is 14.8. The van der Waals surface area contributed by atoms with Gasteiger partial charge >= 0.3 is 0 Å². The summed E-state index contributed by atoms with van der Waals surface area (Å²) in [6.45, 7) is 12.7. The molecule has 3 amide bonds. The molecule has 4 aliphatic rings. The Morgan fingerprint density at radius 3 is 2.37 bits per heavy atom. The summed E-state index contributed by atoms with van der Waals surface area (Å²) in [5, 5.41) is 10.5. The van der Waals surface area contributed by atoms with Crippen molar-refractivity contribution in [2.75, 3.05) is 19.7 Å². The van der Waals surface area contributed by atoms with Gasteiger partial charge in [0.1, 0.15) is 11.6 Å². The highest BCUT2D eigenvalue weighted by atomic mass is 16.5. The lowest BCUT2D eigenvalue weighted by molar-refractivity contribution is -0.159. The van der Waals surface area contributed by atoms with E-state index in [4.69, 9.17) is 4.74 Å². The first-order valence-electron chi connectivity index (χ1n) is 16.3. The van der Waals surface area contributed by atoms with E-state index in [-0.39, 0.29) is 30.4 Å². The smallest absolute Gasteiger partial charge is 0.248 e. The molecule has 0 aromatic heterocycles. The fourth-order valence-electron chi connectivity index (χ4n) is 8.61. The number of likely N-dealkylation sites (tertiary alicyclic amines) is 1. The van der Waals surface area contributed by atoms with Gasteiger partial charge in [0.15, 0.2) is 0 Å². The highest BCUT2D eigenvalue weighted by Gasteiger charge is 2.79. The van der Waals surface area contributed by atoms with E-state index in [0.717, 1.165) is 37.7 Å². The number of carbonyl (C=O) groups excluding carboxylic acids is 3. The van der Waals surface area contributed by atoms with Gasteiger partial charge in [0.25, 0.3) is 0 Å². The Bertz CT molecular complexity index is 1200. The van der Waals surface area contributed by atoms with Gasteiger partial charge in [0.05, 0.1) is 30.1 Å². The average Bonchev–Trinajstić information content (AvgIpc) is 3.64. The van der Waals surface area contributed by atoms with Crippen LogP contribution in [-0.4, -0.2) is 86.6 Å². The molecule has 0 radical (unpaired) electrons. The minimum atomic E-state index is -1.12. The summed E-state index contributed by atoms with van der Waals surface area (Å²) in [6.07, 6.45) is 10.8. The maximum atomic E-state index is 14.8. The third-order valence-corrected chi connectivity index (χ3v) is 10.7. The Kier molecular flexibility index (Phi) is 9.47. The van der Waals surface area contributed by atoms with Gasteiger partial charge in [-0.15, -0.1) is 13.2 Å². The number of amides is 3. The van der Waals surface area contributed by atoms with Crippen molar-refractivity contribution in [3.63, 3.8) is 0 Å². The number of aliphatic hydroxyl groups excluding tert-OH is 1. The lowest BCUT2D eigenvalue weighted by Gasteiger charge is -2.42. The van der Waals surface area contributed by atoms with Crippen LogP contribution >= 0.6 is 0 Å². The van der Waals surface area contributed by atoms with Crippen LogP contribution in [0.4, 0.5) is 0 Å². The molecule has 1 aliphatic carbocycles. The number of rotatable bonds is 13. The van der Waals surface area contributed by atoms with Crippen LogP contribution in [0.25, 0.3) is 0 Å². The monoisotopic (exact) mass is 591 g/mol. The normalized spacial score (nSPS) is 30.6. The summed E-state index contributed by atoms with van der Waals surface area (Å²) in [4.78, 5) is 49.4. The summed E-state index contributed by atoms with van der Waals surface area (Å²) in [6, 6.07) is 8.46. The Labute approximate surface area is 256 Å².